The molecule has 4 rings (SSSR count). The quantitative estimate of drug-likeness (QED) is 0.499. The minimum atomic E-state index is -4.77. The maximum absolute atomic E-state index is 13.7. The second kappa shape index (κ2) is 8.76. The molecular formula is C23H21F4N3O3. The van der Waals surface area contributed by atoms with E-state index in [1.165, 1.54) is 0 Å². The van der Waals surface area contributed by atoms with Crippen LogP contribution in [0.25, 0.3) is 0 Å². The molecule has 0 spiro atoms. The van der Waals surface area contributed by atoms with Crippen LogP contribution in [0.3, 0.4) is 0 Å². The van der Waals surface area contributed by atoms with Gasteiger partial charge < -0.3 is 14.4 Å². The summed E-state index contributed by atoms with van der Waals surface area (Å²) in [5, 5.41) is 0. The highest BCUT2D eigenvalue weighted by Gasteiger charge is 2.34. The van der Waals surface area contributed by atoms with Crippen LogP contribution < -0.4 is 20.1 Å². The Labute approximate surface area is 187 Å². The van der Waals surface area contributed by atoms with Crippen LogP contribution in [0, 0.1) is 5.82 Å². The van der Waals surface area contributed by atoms with Gasteiger partial charge in [0.2, 0.25) is 5.88 Å². The van der Waals surface area contributed by atoms with Gasteiger partial charge in [-0.05, 0) is 43.2 Å². The monoisotopic (exact) mass is 463 g/mol. The van der Waals surface area contributed by atoms with Crippen molar-refractivity contribution in [1.29, 1.82) is 0 Å². The van der Waals surface area contributed by atoms with E-state index in [1.54, 1.807) is 34.9 Å². The predicted octanol–water partition coefficient (Wildman–Crippen LogP) is 5.00. The van der Waals surface area contributed by atoms with Gasteiger partial charge in [-0.15, -0.1) is 0 Å². The van der Waals surface area contributed by atoms with Gasteiger partial charge in [0.1, 0.15) is 29.7 Å². The average molecular weight is 463 g/mol. The molecule has 10 heteroatoms. The molecule has 1 aliphatic heterocycles. The number of aromatic nitrogens is 2. The van der Waals surface area contributed by atoms with Crippen LogP contribution in [-0.2, 0) is 19.3 Å². The fourth-order valence-corrected chi connectivity index (χ4v) is 3.52. The van der Waals surface area contributed by atoms with E-state index in [4.69, 9.17) is 9.47 Å². The molecule has 3 aromatic rings. The number of anilines is 1. The van der Waals surface area contributed by atoms with E-state index in [0.29, 0.717) is 30.5 Å². The normalized spacial score (nSPS) is 15.8. The summed E-state index contributed by atoms with van der Waals surface area (Å²) >= 11 is 0. The van der Waals surface area contributed by atoms with Crippen LogP contribution >= 0.6 is 0 Å². The number of alkyl halides is 3. The van der Waals surface area contributed by atoms with Gasteiger partial charge in [0.15, 0.2) is 0 Å². The highest BCUT2D eigenvalue weighted by Crippen LogP contribution is 2.34. The highest BCUT2D eigenvalue weighted by molar-refractivity contribution is 5.44. The maximum Gasteiger partial charge on any atom is 0.419 e. The zero-order valence-corrected chi connectivity index (χ0v) is 17.9. The number of hydrogen-bond donors (Lipinski definition) is 0. The lowest BCUT2D eigenvalue weighted by atomic mass is 10.1. The van der Waals surface area contributed by atoms with Crippen molar-refractivity contribution >= 4 is 5.82 Å². The van der Waals surface area contributed by atoms with Crippen LogP contribution in [0.1, 0.15) is 24.5 Å². The van der Waals surface area contributed by atoms with Crippen LogP contribution in [0.4, 0.5) is 23.4 Å². The first-order valence-electron chi connectivity index (χ1n) is 10.2. The lowest BCUT2D eigenvalue weighted by Gasteiger charge is -2.34. The zero-order valence-electron chi connectivity index (χ0n) is 17.9. The Morgan fingerprint density at radius 1 is 1.09 bits per heavy atom. The summed E-state index contributed by atoms with van der Waals surface area (Å²) in [6, 6.07) is 11.0. The lowest BCUT2D eigenvalue weighted by molar-refractivity contribution is -0.140. The molecule has 0 saturated heterocycles. The third-order valence-corrected chi connectivity index (χ3v) is 5.55. The fraction of sp³-hybridized carbons (Fsp3) is 0.304. The first-order chi connectivity index (χ1) is 15.6. The summed E-state index contributed by atoms with van der Waals surface area (Å²) in [7, 11) is 1.92. The largest absolute Gasteiger partial charge is 0.473 e. The topological polar surface area (TPSA) is 56.6 Å². The molecule has 33 heavy (non-hydrogen) atoms. The van der Waals surface area contributed by atoms with Crippen molar-refractivity contribution in [1.82, 2.24) is 9.55 Å². The van der Waals surface area contributed by atoms with Gasteiger partial charge in [-0.1, -0.05) is 12.1 Å². The van der Waals surface area contributed by atoms with E-state index in [2.05, 4.69) is 11.9 Å². The summed E-state index contributed by atoms with van der Waals surface area (Å²) in [5.74, 6) is -0.178. The van der Waals surface area contributed by atoms with Gasteiger partial charge in [-0.3, -0.25) is 4.57 Å². The molecule has 1 atom stereocenters. The summed E-state index contributed by atoms with van der Waals surface area (Å²) in [5.41, 5.74) is -0.963. The Morgan fingerprint density at radius 2 is 1.79 bits per heavy atom. The van der Waals surface area contributed by atoms with Gasteiger partial charge in [0.05, 0.1) is 5.56 Å². The smallest absolute Gasteiger partial charge is 0.419 e. The molecule has 0 amide bonds. The van der Waals surface area contributed by atoms with Crippen LogP contribution in [0.2, 0.25) is 0 Å². The van der Waals surface area contributed by atoms with Crippen molar-refractivity contribution in [3.8, 4) is 17.4 Å². The average Bonchev–Trinajstić information content (AvgIpc) is 2.75. The van der Waals surface area contributed by atoms with E-state index >= 15 is 0 Å². The molecule has 0 aliphatic carbocycles. The van der Waals surface area contributed by atoms with Gasteiger partial charge in [-0.25, -0.2) is 9.18 Å². The minimum Gasteiger partial charge on any atom is -0.473 e. The summed E-state index contributed by atoms with van der Waals surface area (Å²) < 4.78 is 64.5. The number of ether oxygens (including phenoxy) is 2. The van der Waals surface area contributed by atoms with Crippen LogP contribution in [0.15, 0.2) is 53.3 Å². The molecule has 0 radical (unpaired) electrons. The van der Waals surface area contributed by atoms with Crippen molar-refractivity contribution in [2.75, 3.05) is 11.9 Å². The molecular weight excluding hydrogens is 442 g/mol. The number of rotatable bonds is 5. The van der Waals surface area contributed by atoms with Crippen molar-refractivity contribution in [2.24, 2.45) is 0 Å². The van der Waals surface area contributed by atoms with Crippen molar-refractivity contribution in [3.05, 3.63) is 76.0 Å². The Bertz CT molecular complexity index is 1210. The number of benzene rings is 2. The standard InChI is InChI=1S/C23H21F4N3O3/c1-14-9-10-30-21(29(14)2)12-20(28-22(30)31)32-13-15-3-5-16(6-4-15)33-17-7-8-18(19(24)11-17)23(25,26)27/h3-8,11-12,14H,9-10,13H2,1-2H3. The summed E-state index contributed by atoms with van der Waals surface area (Å²) in [6.45, 7) is 2.83. The third kappa shape index (κ3) is 4.94. The van der Waals surface area contributed by atoms with E-state index in [0.717, 1.165) is 23.9 Å². The Hall–Kier alpha value is -3.56. The number of halogens is 4. The molecule has 0 saturated carbocycles. The Balaban J connectivity index is 1.41. The Kier molecular flexibility index (Phi) is 6.01. The summed E-state index contributed by atoms with van der Waals surface area (Å²) in [4.78, 5) is 18.3. The van der Waals surface area contributed by atoms with Gasteiger partial charge in [-0.2, -0.15) is 18.2 Å². The number of nitrogens with zero attached hydrogens (tertiary/aromatic N) is 3. The van der Waals surface area contributed by atoms with Crippen LogP contribution in [-0.4, -0.2) is 22.6 Å². The first-order valence-corrected chi connectivity index (χ1v) is 10.2. The molecule has 0 bridgehead atoms. The van der Waals surface area contributed by atoms with Gasteiger partial charge in [0, 0.05) is 31.8 Å². The molecule has 0 N–H and O–H groups in total. The highest BCUT2D eigenvalue weighted by atomic mass is 19.4. The fourth-order valence-electron chi connectivity index (χ4n) is 3.52. The minimum absolute atomic E-state index is 0.0541. The van der Waals surface area contributed by atoms with E-state index in [1.807, 2.05) is 11.9 Å². The molecule has 6 nitrogen and oxygen atoms in total. The first kappa shape index (κ1) is 22.6. The molecule has 0 fully saturated rings. The van der Waals surface area contributed by atoms with E-state index < -0.39 is 17.6 Å². The van der Waals surface area contributed by atoms with E-state index in [9.17, 15) is 22.4 Å². The van der Waals surface area contributed by atoms with Gasteiger partial charge >= 0.3 is 11.9 Å². The molecule has 1 aliphatic rings. The molecule has 1 unspecified atom stereocenters. The zero-order chi connectivity index (χ0) is 23.8. The second-order valence-electron chi connectivity index (χ2n) is 7.81. The van der Waals surface area contributed by atoms with Crippen molar-refractivity contribution in [3.63, 3.8) is 0 Å². The number of fused-ring (bicyclic) bond motifs is 1. The third-order valence-electron chi connectivity index (χ3n) is 5.55. The van der Waals surface area contributed by atoms with Crippen molar-refractivity contribution in [2.45, 2.75) is 38.7 Å². The molecule has 1 aromatic heterocycles. The van der Waals surface area contributed by atoms with E-state index in [-0.39, 0.29) is 23.9 Å². The lowest BCUT2D eigenvalue weighted by Crippen LogP contribution is -2.41. The molecule has 2 heterocycles. The number of hydrogen-bond acceptors (Lipinski definition) is 5. The Morgan fingerprint density at radius 3 is 2.45 bits per heavy atom. The second-order valence-corrected chi connectivity index (χ2v) is 7.81. The van der Waals surface area contributed by atoms with Gasteiger partial charge in [0.25, 0.3) is 0 Å². The van der Waals surface area contributed by atoms with Crippen LogP contribution in [0.5, 0.6) is 17.4 Å². The molecule has 174 valence electrons. The molecule has 2 aromatic carbocycles. The van der Waals surface area contributed by atoms with Crippen molar-refractivity contribution < 1.29 is 27.0 Å². The predicted molar refractivity (Wildman–Crippen MR) is 113 cm³/mol. The summed E-state index contributed by atoms with van der Waals surface area (Å²) in [6.07, 6.45) is -3.91. The SMILES string of the molecule is CC1CCn2c(cc(OCc3ccc(Oc4ccc(C(F)(F)F)c(F)c4)cc3)nc2=O)N1C. The maximum atomic E-state index is 13.7.